The first-order valence-corrected chi connectivity index (χ1v) is 9.97. The molecule has 2 aliphatic rings. The number of carbonyl (C=O) groups excluding carboxylic acids is 2. The molecule has 0 aliphatic carbocycles. The third kappa shape index (κ3) is 3.31. The van der Waals surface area contributed by atoms with Crippen molar-refractivity contribution in [2.45, 2.75) is 24.5 Å². The van der Waals surface area contributed by atoms with Gasteiger partial charge in [0.2, 0.25) is 5.82 Å². The van der Waals surface area contributed by atoms with Crippen LogP contribution in [0.5, 0.6) is 0 Å². The Balaban J connectivity index is 1.42. The second kappa shape index (κ2) is 7.91. The van der Waals surface area contributed by atoms with Crippen LogP contribution in [0.4, 0.5) is 5.82 Å². The molecule has 3 aromatic rings. The number of hydrogen-bond donors (Lipinski definition) is 4. The van der Waals surface area contributed by atoms with Gasteiger partial charge in [-0.1, -0.05) is 18.1 Å². The van der Waals surface area contributed by atoms with E-state index in [0.717, 1.165) is 4.90 Å². The number of aliphatic hydroxyl groups excluding tert-OH is 3. The van der Waals surface area contributed by atoms with E-state index in [1.165, 1.54) is 10.9 Å². The van der Waals surface area contributed by atoms with Gasteiger partial charge in [-0.15, -0.1) is 0 Å². The zero-order valence-corrected chi connectivity index (χ0v) is 17.0. The van der Waals surface area contributed by atoms with Crippen molar-refractivity contribution in [3.63, 3.8) is 0 Å². The summed E-state index contributed by atoms with van der Waals surface area (Å²) in [6, 6.07) is 6.53. The zero-order chi connectivity index (χ0) is 23.3. The van der Waals surface area contributed by atoms with E-state index in [4.69, 9.17) is 10.5 Å². The molecule has 2 aromatic heterocycles. The smallest absolute Gasteiger partial charge is 0.262 e. The molecule has 33 heavy (non-hydrogen) atoms. The molecule has 0 unspecified atom stereocenters. The van der Waals surface area contributed by atoms with E-state index in [9.17, 15) is 24.9 Å². The van der Waals surface area contributed by atoms with Crippen LogP contribution in [0.25, 0.3) is 11.2 Å². The predicted molar refractivity (Wildman–Crippen MR) is 111 cm³/mol. The molecule has 1 saturated heterocycles. The number of nitrogens with two attached hydrogens (primary N) is 1. The van der Waals surface area contributed by atoms with E-state index in [1.807, 2.05) is 0 Å². The molecule has 4 atom stereocenters. The van der Waals surface area contributed by atoms with Crippen molar-refractivity contribution >= 4 is 28.8 Å². The molecule has 12 nitrogen and oxygen atoms in total. The lowest BCUT2D eigenvalue weighted by atomic mass is 10.1. The number of imidazole rings is 1. The summed E-state index contributed by atoms with van der Waals surface area (Å²) < 4.78 is 6.89. The van der Waals surface area contributed by atoms with Gasteiger partial charge in [0.1, 0.15) is 23.8 Å². The fourth-order valence-electron chi connectivity index (χ4n) is 3.87. The summed E-state index contributed by atoms with van der Waals surface area (Å²) in [7, 11) is 0. The van der Waals surface area contributed by atoms with Gasteiger partial charge in [0.25, 0.3) is 11.8 Å². The summed E-state index contributed by atoms with van der Waals surface area (Å²) in [6.45, 7) is -0.644. The molecule has 0 bridgehead atoms. The molecule has 168 valence electrons. The van der Waals surface area contributed by atoms with Crippen molar-refractivity contribution in [2.24, 2.45) is 0 Å². The van der Waals surface area contributed by atoms with Gasteiger partial charge in [-0.2, -0.15) is 0 Å². The SMILES string of the molecule is Nc1nc(C#CCN2C(=O)c3ccccc3C2=O)nc2c1ncn2[C@@H]1O[C@H](CO)[C@@H](O)[C@H]1O. The number of aromatic nitrogens is 4. The van der Waals surface area contributed by atoms with E-state index < -0.39 is 43.0 Å². The van der Waals surface area contributed by atoms with E-state index in [0.29, 0.717) is 11.1 Å². The van der Waals surface area contributed by atoms with Crippen molar-refractivity contribution in [2.75, 3.05) is 18.9 Å². The highest BCUT2D eigenvalue weighted by Gasteiger charge is 2.44. The van der Waals surface area contributed by atoms with Gasteiger partial charge in [0.15, 0.2) is 17.7 Å². The zero-order valence-electron chi connectivity index (χ0n) is 17.0. The first kappa shape index (κ1) is 21.0. The third-order valence-corrected chi connectivity index (χ3v) is 5.56. The molecule has 5 rings (SSSR count). The second-order valence-corrected chi connectivity index (χ2v) is 7.53. The fraction of sp³-hybridized carbons (Fsp3) is 0.286. The second-order valence-electron chi connectivity index (χ2n) is 7.53. The average molecular weight is 450 g/mol. The van der Waals surface area contributed by atoms with Crippen LogP contribution in [0.2, 0.25) is 0 Å². The number of fused-ring (bicyclic) bond motifs is 2. The number of rotatable bonds is 3. The van der Waals surface area contributed by atoms with Crippen LogP contribution in [0.15, 0.2) is 30.6 Å². The Morgan fingerprint density at radius 3 is 2.42 bits per heavy atom. The molecular formula is C21H18N6O6. The Bertz CT molecular complexity index is 1310. The maximum absolute atomic E-state index is 12.4. The maximum Gasteiger partial charge on any atom is 0.262 e. The molecule has 4 heterocycles. The minimum atomic E-state index is -1.33. The quantitative estimate of drug-likeness (QED) is 0.276. The van der Waals surface area contributed by atoms with Gasteiger partial charge in [-0.3, -0.25) is 19.1 Å². The van der Waals surface area contributed by atoms with Crippen molar-refractivity contribution < 1.29 is 29.6 Å². The van der Waals surface area contributed by atoms with Crippen LogP contribution in [0.3, 0.4) is 0 Å². The lowest BCUT2D eigenvalue weighted by Gasteiger charge is -2.16. The minimum Gasteiger partial charge on any atom is -0.394 e. The predicted octanol–water partition coefficient (Wildman–Crippen LogP) is -1.33. The van der Waals surface area contributed by atoms with Crippen molar-refractivity contribution in [1.82, 2.24) is 24.4 Å². The molecular weight excluding hydrogens is 432 g/mol. The summed E-state index contributed by atoms with van der Waals surface area (Å²) in [6.07, 6.45) is -3.34. The molecule has 2 amide bonds. The number of benzene rings is 1. The minimum absolute atomic E-state index is 0.00472. The van der Waals surface area contributed by atoms with E-state index in [2.05, 4.69) is 26.8 Å². The highest BCUT2D eigenvalue weighted by molar-refractivity contribution is 6.21. The maximum atomic E-state index is 12.4. The lowest BCUT2D eigenvalue weighted by Crippen LogP contribution is -2.33. The molecule has 5 N–H and O–H groups in total. The number of nitrogens with zero attached hydrogens (tertiary/aromatic N) is 5. The summed E-state index contributed by atoms with van der Waals surface area (Å²) >= 11 is 0. The van der Waals surface area contributed by atoms with Crippen molar-refractivity contribution in [1.29, 1.82) is 0 Å². The number of carbonyl (C=O) groups is 2. The van der Waals surface area contributed by atoms with Crippen LogP contribution in [0, 0.1) is 11.8 Å². The topological polar surface area (TPSA) is 177 Å². The standard InChI is InChI=1S/C21H18N6O6/c22-17-14-18(27(9-23-14)21-16(30)15(29)12(8-28)33-21)25-13(24-17)6-3-7-26-19(31)10-4-1-2-5-11(10)20(26)32/h1-2,4-5,9,12,15-16,21,28-30H,7-8H2,(H2,22,24,25)/t12-,15-,16-,21-/m1/s1. The van der Waals surface area contributed by atoms with E-state index in [-0.39, 0.29) is 29.4 Å². The first-order valence-electron chi connectivity index (χ1n) is 9.97. The average Bonchev–Trinajstić information content (AvgIpc) is 3.43. The number of ether oxygens (including phenoxy) is 1. The number of anilines is 1. The van der Waals surface area contributed by atoms with Gasteiger partial charge in [0, 0.05) is 0 Å². The largest absolute Gasteiger partial charge is 0.394 e. The van der Waals surface area contributed by atoms with Gasteiger partial charge in [-0.05, 0) is 18.1 Å². The molecule has 0 radical (unpaired) electrons. The molecule has 1 fully saturated rings. The Hall–Kier alpha value is -3.89. The number of aliphatic hydroxyl groups is 3. The van der Waals surface area contributed by atoms with E-state index >= 15 is 0 Å². The molecule has 12 heteroatoms. The molecule has 0 saturated carbocycles. The number of nitrogen functional groups attached to an aromatic ring is 1. The van der Waals surface area contributed by atoms with Crippen LogP contribution in [-0.4, -0.2) is 83.0 Å². The van der Waals surface area contributed by atoms with Gasteiger partial charge < -0.3 is 25.8 Å². The normalized spacial score (nSPS) is 24.3. The lowest BCUT2D eigenvalue weighted by molar-refractivity contribution is -0.0511. The summed E-state index contributed by atoms with van der Waals surface area (Å²) in [5.41, 5.74) is 7.06. The highest BCUT2D eigenvalue weighted by Crippen LogP contribution is 2.32. The number of amides is 2. The monoisotopic (exact) mass is 450 g/mol. The summed E-state index contributed by atoms with van der Waals surface area (Å²) in [4.78, 5) is 38.4. The van der Waals surface area contributed by atoms with Crippen molar-refractivity contribution in [3.8, 4) is 11.8 Å². The summed E-state index contributed by atoms with van der Waals surface area (Å²) in [5, 5.41) is 29.7. The Morgan fingerprint density at radius 1 is 1.09 bits per heavy atom. The Labute approximate surface area is 186 Å². The molecule has 1 aromatic carbocycles. The highest BCUT2D eigenvalue weighted by atomic mass is 16.6. The Morgan fingerprint density at radius 2 is 1.79 bits per heavy atom. The number of imide groups is 1. The van der Waals surface area contributed by atoms with Crippen LogP contribution in [0.1, 0.15) is 32.8 Å². The van der Waals surface area contributed by atoms with E-state index in [1.54, 1.807) is 24.3 Å². The summed E-state index contributed by atoms with van der Waals surface area (Å²) in [5.74, 6) is 4.58. The first-order chi connectivity index (χ1) is 15.9. The van der Waals surface area contributed by atoms with Gasteiger partial charge in [0.05, 0.1) is 30.6 Å². The van der Waals surface area contributed by atoms with Crippen molar-refractivity contribution in [3.05, 3.63) is 47.5 Å². The Kier molecular flexibility index (Phi) is 5.03. The number of hydrogen-bond acceptors (Lipinski definition) is 10. The van der Waals surface area contributed by atoms with Gasteiger partial charge in [-0.25, -0.2) is 15.0 Å². The van der Waals surface area contributed by atoms with Crippen LogP contribution in [-0.2, 0) is 4.74 Å². The van der Waals surface area contributed by atoms with Gasteiger partial charge >= 0.3 is 0 Å². The van der Waals surface area contributed by atoms with Crippen LogP contribution >= 0.6 is 0 Å². The molecule has 2 aliphatic heterocycles. The third-order valence-electron chi connectivity index (χ3n) is 5.56. The van der Waals surface area contributed by atoms with Crippen LogP contribution < -0.4 is 5.73 Å². The fourth-order valence-corrected chi connectivity index (χ4v) is 3.87. The molecule has 0 spiro atoms.